The molecule has 0 unspecified atom stereocenters. The third-order valence-electron chi connectivity index (χ3n) is 8.34. The monoisotopic (exact) mass is 644 g/mol. The van der Waals surface area contributed by atoms with Crippen LogP contribution in [0.1, 0.15) is 80.3 Å². The number of alkyl halides is 6. The lowest BCUT2D eigenvalue weighted by atomic mass is 9.95. The Hall–Kier alpha value is -4.62. The first-order valence-electron chi connectivity index (χ1n) is 15.0. The Morgan fingerprint density at radius 1 is 0.587 bits per heavy atom. The Labute approximate surface area is 259 Å². The highest BCUT2D eigenvalue weighted by atomic mass is 19.4. The van der Waals surface area contributed by atoms with Crippen molar-refractivity contribution in [3.63, 3.8) is 0 Å². The Morgan fingerprint density at radius 3 is 1.28 bits per heavy atom. The molecule has 0 saturated heterocycles. The summed E-state index contributed by atoms with van der Waals surface area (Å²) in [4.78, 5) is 25.3. The lowest BCUT2D eigenvalue weighted by Crippen LogP contribution is -2.34. The van der Waals surface area contributed by atoms with Gasteiger partial charge in [-0.1, -0.05) is 0 Å². The van der Waals surface area contributed by atoms with Gasteiger partial charge in [0.15, 0.2) is 11.4 Å². The van der Waals surface area contributed by atoms with Crippen molar-refractivity contribution in [1.29, 1.82) is 0 Å². The van der Waals surface area contributed by atoms with Gasteiger partial charge >= 0.3 is 12.4 Å². The number of amides is 2. The van der Waals surface area contributed by atoms with Gasteiger partial charge in [-0.3, -0.25) is 9.59 Å². The molecular weight excluding hydrogens is 614 g/mol. The van der Waals surface area contributed by atoms with E-state index in [4.69, 9.17) is 0 Å². The molecule has 0 spiro atoms. The second-order valence-corrected chi connectivity index (χ2v) is 11.4. The summed E-state index contributed by atoms with van der Waals surface area (Å²) in [6.45, 7) is 0.206. The van der Waals surface area contributed by atoms with Crippen molar-refractivity contribution in [1.82, 2.24) is 30.2 Å². The van der Waals surface area contributed by atoms with E-state index in [1.807, 2.05) is 0 Å². The highest BCUT2D eigenvalue weighted by molar-refractivity contribution is 5.95. The Morgan fingerprint density at radius 2 is 0.935 bits per heavy atom. The fourth-order valence-corrected chi connectivity index (χ4v) is 6.14. The lowest BCUT2D eigenvalue weighted by Gasteiger charge is -2.15. The normalized spacial score (nSPS) is 14.8. The molecule has 2 aliphatic carbocycles. The zero-order valence-corrected chi connectivity index (χ0v) is 24.6. The third-order valence-corrected chi connectivity index (χ3v) is 8.34. The molecule has 0 bridgehead atoms. The van der Waals surface area contributed by atoms with E-state index in [9.17, 15) is 35.9 Å². The van der Waals surface area contributed by atoms with Crippen LogP contribution in [0, 0.1) is 0 Å². The van der Waals surface area contributed by atoms with Crippen LogP contribution in [0.15, 0.2) is 48.5 Å². The zero-order valence-electron chi connectivity index (χ0n) is 24.6. The van der Waals surface area contributed by atoms with Crippen LogP contribution < -0.4 is 10.6 Å². The number of carbonyl (C=O) groups is 2. The minimum Gasteiger partial charge on any atom is -0.350 e. The van der Waals surface area contributed by atoms with Gasteiger partial charge in [-0.05, 0) is 99.9 Å². The first-order chi connectivity index (χ1) is 21.9. The molecule has 4 aromatic rings. The van der Waals surface area contributed by atoms with Crippen LogP contribution in [0.5, 0.6) is 0 Å². The predicted molar refractivity (Wildman–Crippen MR) is 155 cm³/mol. The van der Waals surface area contributed by atoms with E-state index >= 15 is 0 Å². The van der Waals surface area contributed by atoms with Gasteiger partial charge in [-0.15, -0.1) is 0 Å². The van der Waals surface area contributed by atoms with E-state index in [2.05, 4.69) is 20.8 Å². The third kappa shape index (κ3) is 6.24. The molecule has 0 radical (unpaired) electrons. The number of nitrogens with one attached hydrogen (secondary N) is 2. The molecule has 2 N–H and O–H groups in total. The van der Waals surface area contributed by atoms with Crippen LogP contribution in [0.3, 0.4) is 0 Å². The maximum Gasteiger partial charge on any atom is 0.435 e. The first kappa shape index (κ1) is 31.4. The van der Waals surface area contributed by atoms with Gasteiger partial charge in [0, 0.05) is 46.7 Å². The minimum absolute atomic E-state index is 0.103. The van der Waals surface area contributed by atoms with Crippen LogP contribution in [0.2, 0.25) is 0 Å². The van der Waals surface area contributed by atoms with Gasteiger partial charge in [0.05, 0.1) is 11.4 Å². The van der Waals surface area contributed by atoms with Crippen LogP contribution in [0.25, 0.3) is 11.4 Å². The summed E-state index contributed by atoms with van der Waals surface area (Å²) in [6, 6.07) is 12.2. The molecule has 0 aliphatic heterocycles. The van der Waals surface area contributed by atoms with Crippen molar-refractivity contribution in [3.8, 4) is 11.4 Å². The molecule has 2 aromatic heterocycles. The quantitative estimate of drug-likeness (QED) is 0.190. The standard InChI is InChI=1S/C32H30F6N6O2/c33-31(34,35)27-23-5-1-3-7-25(23)43(41-27)21-13-9-19(10-14-21)29(45)39-17-18-40-30(46)20-11-15-22(16-12-20)44-26-8-4-2-6-24(26)28(42-44)32(36,37)38/h9-16H,1-8,17-18H2,(H,39,45)(H,40,46). The molecule has 2 aliphatic rings. The number of halogens is 6. The maximum atomic E-state index is 13.5. The molecule has 6 rings (SSSR count). The SMILES string of the molecule is O=C(NCCNC(=O)c1ccc(-n2nc(C(F)(F)F)c3c2CCCC3)cc1)c1ccc(-n2nc(C(F)(F)F)c3c2CCCC3)cc1. The van der Waals surface area contributed by atoms with Crippen molar-refractivity contribution < 1.29 is 35.9 Å². The van der Waals surface area contributed by atoms with Gasteiger partial charge in [-0.2, -0.15) is 36.5 Å². The van der Waals surface area contributed by atoms with Crippen molar-refractivity contribution in [2.24, 2.45) is 0 Å². The topological polar surface area (TPSA) is 93.8 Å². The van der Waals surface area contributed by atoms with Gasteiger partial charge < -0.3 is 10.6 Å². The Balaban J connectivity index is 1.03. The number of carbonyl (C=O) groups excluding carboxylic acids is 2. The number of hydrogen-bond acceptors (Lipinski definition) is 4. The van der Waals surface area contributed by atoms with E-state index in [1.54, 1.807) is 24.3 Å². The minimum atomic E-state index is -4.55. The molecule has 2 amide bonds. The van der Waals surface area contributed by atoms with E-state index < -0.39 is 35.6 Å². The summed E-state index contributed by atoms with van der Waals surface area (Å²) in [7, 11) is 0. The summed E-state index contributed by atoms with van der Waals surface area (Å²) in [5.41, 5.74) is 1.25. The molecule has 2 aromatic carbocycles. The average molecular weight is 645 g/mol. The molecule has 242 valence electrons. The lowest BCUT2D eigenvalue weighted by molar-refractivity contribution is -0.142. The smallest absolute Gasteiger partial charge is 0.350 e. The van der Waals surface area contributed by atoms with Crippen LogP contribution in [-0.4, -0.2) is 44.5 Å². The van der Waals surface area contributed by atoms with Gasteiger partial charge in [-0.25, -0.2) is 9.36 Å². The summed E-state index contributed by atoms with van der Waals surface area (Å²) in [5.74, 6) is -0.853. The van der Waals surface area contributed by atoms with Crippen molar-refractivity contribution in [3.05, 3.63) is 93.6 Å². The molecule has 8 nitrogen and oxygen atoms in total. The van der Waals surface area contributed by atoms with Crippen molar-refractivity contribution >= 4 is 11.8 Å². The highest BCUT2D eigenvalue weighted by Crippen LogP contribution is 2.38. The van der Waals surface area contributed by atoms with Crippen LogP contribution in [0.4, 0.5) is 26.3 Å². The van der Waals surface area contributed by atoms with Crippen LogP contribution in [-0.2, 0) is 38.0 Å². The highest BCUT2D eigenvalue weighted by Gasteiger charge is 2.40. The Bertz CT molecular complexity index is 1620. The Kier molecular flexibility index (Phi) is 8.38. The second-order valence-electron chi connectivity index (χ2n) is 11.4. The fourth-order valence-electron chi connectivity index (χ4n) is 6.14. The molecule has 2 heterocycles. The van der Waals surface area contributed by atoms with E-state index in [-0.39, 0.29) is 35.3 Å². The predicted octanol–water partition coefficient (Wildman–Crippen LogP) is 6.01. The molecule has 0 fully saturated rings. The zero-order chi connectivity index (χ0) is 32.6. The van der Waals surface area contributed by atoms with Crippen molar-refractivity contribution in [2.45, 2.75) is 63.7 Å². The van der Waals surface area contributed by atoms with Gasteiger partial charge in [0.2, 0.25) is 0 Å². The first-order valence-corrected chi connectivity index (χ1v) is 15.0. The molecule has 0 atom stereocenters. The summed E-state index contributed by atoms with van der Waals surface area (Å²) >= 11 is 0. The number of rotatable bonds is 7. The summed E-state index contributed by atoms with van der Waals surface area (Å²) in [5, 5.41) is 13.1. The largest absolute Gasteiger partial charge is 0.435 e. The average Bonchev–Trinajstić information content (AvgIpc) is 3.63. The second kappa shape index (κ2) is 12.3. The fraction of sp³-hybridized carbons (Fsp3) is 0.375. The number of benzene rings is 2. The number of nitrogens with zero attached hydrogens (tertiary/aromatic N) is 4. The number of fused-ring (bicyclic) bond motifs is 2. The van der Waals surface area contributed by atoms with Crippen LogP contribution >= 0.6 is 0 Å². The number of hydrogen-bond donors (Lipinski definition) is 2. The molecule has 0 saturated carbocycles. The van der Waals surface area contributed by atoms with E-state index in [0.717, 1.165) is 12.8 Å². The van der Waals surface area contributed by atoms with Crippen molar-refractivity contribution in [2.75, 3.05) is 13.1 Å². The number of aromatic nitrogens is 4. The van der Waals surface area contributed by atoms with Gasteiger partial charge in [0.25, 0.3) is 11.8 Å². The maximum absolute atomic E-state index is 13.5. The van der Waals surface area contributed by atoms with Gasteiger partial charge in [0.1, 0.15) is 0 Å². The van der Waals surface area contributed by atoms with E-state index in [0.29, 0.717) is 61.3 Å². The molecule has 14 heteroatoms. The summed E-state index contributed by atoms with van der Waals surface area (Å²) in [6.07, 6.45) is -4.56. The molecule has 46 heavy (non-hydrogen) atoms. The molecular formula is C32H30F6N6O2. The van der Waals surface area contributed by atoms with E-state index in [1.165, 1.54) is 33.6 Å². The summed E-state index contributed by atoms with van der Waals surface area (Å²) < 4.78 is 83.9.